The molecule has 0 atom stereocenters. The van der Waals surface area contributed by atoms with Gasteiger partial charge in [-0.1, -0.05) is 0 Å². The first-order chi connectivity index (χ1) is 14.9. The van der Waals surface area contributed by atoms with Crippen LogP contribution in [0.3, 0.4) is 0 Å². The lowest BCUT2D eigenvalue weighted by Crippen LogP contribution is -2.52. The average Bonchev–Trinajstić information content (AvgIpc) is 3.28. The van der Waals surface area contributed by atoms with Crippen LogP contribution in [0.4, 0.5) is 5.82 Å². The molecule has 4 heterocycles. The molecule has 168 valence electrons. The summed E-state index contributed by atoms with van der Waals surface area (Å²) in [5.41, 5.74) is 0. The molecule has 0 spiro atoms. The topological polar surface area (TPSA) is 72.9 Å². The lowest BCUT2D eigenvalue weighted by atomic mass is 9.95. The molecule has 2 aliphatic rings. The summed E-state index contributed by atoms with van der Waals surface area (Å²) in [5.74, 6) is 1.43. The molecular weight excluding hydrogens is 412 g/mol. The van der Waals surface area contributed by atoms with E-state index in [2.05, 4.69) is 31.2 Å². The first-order valence-corrected chi connectivity index (χ1v) is 12.0. The fourth-order valence-electron chi connectivity index (χ4n) is 4.36. The number of amides is 2. The summed E-state index contributed by atoms with van der Waals surface area (Å²) in [5, 5.41) is 3.16. The summed E-state index contributed by atoms with van der Waals surface area (Å²) in [7, 11) is 1.87. The standard InChI is InChI=1S/C22H32N6O2S/c1-16(2)25(3)22(30)17-4-7-27(8-5-17)19(29)14-26-9-11-28(12-10-26)20-18-6-13-31-21(18)24-15-23-20/h6,13,15-17H,4-5,7-12,14H2,1-3H3. The second-order valence-electron chi connectivity index (χ2n) is 8.80. The van der Waals surface area contributed by atoms with E-state index in [0.717, 1.165) is 55.1 Å². The zero-order valence-electron chi connectivity index (χ0n) is 18.7. The fraction of sp³-hybridized carbons (Fsp3) is 0.636. The minimum absolute atomic E-state index is 0.0433. The van der Waals surface area contributed by atoms with E-state index >= 15 is 0 Å². The maximum Gasteiger partial charge on any atom is 0.236 e. The number of fused-ring (bicyclic) bond motifs is 1. The largest absolute Gasteiger partial charge is 0.353 e. The number of aromatic nitrogens is 2. The smallest absolute Gasteiger partial charge is 0.236 e. The highest BCUT2D eigenvalue weighted by molar-refractivity contribution is 7.16. The molecule has 9 heteroatoms. The highest BCUT2D eigenvalue weighted by Crippen LogP contribution is 2.27. The Balaban J connectivity index is 1.24. The summed E-state index contributed by atoms with van der Waals surface area (Å²) >= 11 is 1.63. The number of hydrogen-bond acceptors (Lipinski definition) is 7. The number of likely N-dealkylation sites (tertiary alicyclic amines) is 1. The van der Waals surface area contributed by atoms with Crippen LogP contribution in [-0.4, -0.2) is 95.4 Å². The van der Waals surface area contributed by atoms with E-state index in [-0.39, 0.29) is 23.8 Å². The highest BCUT2D eigenvalue weighted by atomic mass is 32.1. The van der Waals surface area contributed by atoms with Gasteiger partial charge in [-0.15, -0.1) is 11.3 Å². The van der Waals surface area contributed by atoms with Crippen LogP contribution in [-0.2, 0) is 9.59 Å². The molecular formula is C22H32N6O2S. The minimum atomic E-state index is 0.0433. The van der Waals surface area contributed by atoms with E-state index in [1.54, 1.807) is 17.7 Å². The van der Waals surface area contributed by atoms with Crippen molar-refractivity contribution in [3.63, 3.8) is 0 Å². The summed E-state index contributed by atoms with van der Waals surface area (Å²) in [6.45, 7) is 9.27. The van der Waals surface area contributed by atoms with Gasteiger partial charge < -0.3 is 14.7 Å². The van der Waals surface area contributed by atoms with Gasteiger partial charge in [0.25, 0.3) is 0 Å². The Hall–Kier alpha value is -2.26. The zero-order valence-corrected chi connectivity index (χ0v) is 19.5. The van der Waals surface area contributed by atoms with Gasteiger partial charge in [-0.2, -0.15) is 0 Å². The van der Waals surface area contributed by atoms with Gasteiger partial charge in [-0.05, 0) is 38.1 Å². The maximum absolute atomic E-state index is 12.8. The van der Waals surface area contributed by atoms with Gasteiger partial charge in [0.05, 0.1) is 11.9 Å². The van der Waals surface area contributed by atoms with Crippen LogP contribution in [0.5, 0.6) is 0 Å². The lowest BCUT2D eigenvalue weighted by Gasteiger charge is -2.38. The van der Waals surface area contributed by atoms with E-state index in [9.17, 15) is 9.59 Å². The van der Waals surface area contributed by atoms with Crippen molar-refractivity contribution in [2.45, 2.75) is 32.7 Å². The number of thiophene rings is 1. The molecule has 2 aromatic heterocycles. The van der Waals surface area contributed by atoms with Crippen molar-refractivity contribution in [2.75, 3.05) is 57.8 Å². The Morgan fingerprint density at radius 2 is 1.84 bits per heavy atom. The quantitative estimate of drug-likeness (QED) is 0.702. The van der Waals surface area contributed by atoms with Crippen molar-refractivity contribution in [1.29, 1.82) is 0 Å². The Labute approximate surface area is 187 Å². The van der Waals surface area contributed by atoms with Gasteiger partial charge in [0, 0.05) is 58.3 Å². The number of piperidine rings is 1. The van der Waals surface area contributed by atoms with E-state index in [0.29, 0.717) is 19.6 Å². The molecule has 2 aliphatic heterocycles. The van der Waals surface area contributed by atoms with Crippen LogP contribution < -0.4 is 4.90 Å². The molecule has 31 heavy (non-hydrogen) atoms. The Morgan fingerprint density at radius 3 is 2.52 bits per heavy atom. The Bertz CT molecular complexity index is 916. The van der Waals surface area contributed by atoms with Gasteiger partial charge in [-0.25, -0.2) is 9.97 Å². The van der Waals surface area contributed by atoms with E-state index in [1.165, 1.54) is 0 Å². The third-order valence-corrected chi connectivity index (χ3v) is 7.41. The SMILES string of the molecule is CC(C)N(C)C(=O)C1CCN(C(=O)CN2CCN(c3ncnc4sccc34)CC2)CC1. The lowest BCUT2D eigenvalue weighted by molar-refractivity contribution is -0.141. The van der Waals surface area contributed by atoms with Crippen LogP contribution in [0.25, 0.3) is 10.2 Å². The molecule has 2 aromatic rings. The Kier molecular flexibility index (Phi) is 6.71. The van der Waals surface area contributed by atoms with E-state index in [1.807, 2.05) is 30.7 Å². The molecule has 2 amide bonds. The molecule has 0 unspecified atom stereocenters. The van der Waals surface area contributed by atoms with Gasteiger partial charge >= 0.3 is 0 Å². The summed E-state index contributed by atoms with van der Waals surface area (Å²) in [6.07, 6.45) is 3.16. The van der Waals surface area contributed by atoms with Crippen molar-refractivity contribution < 1.29 is 9.59 Å². The van der Waals surface area contributed by atoms with Crippen LogP contribution in [0.15, 0.2) is 17.8 Å². The van der Waals surface area contributed by atoms with Crippen LogP contribution in [0.2, 0.25) is 0 Å². The predicted octanol–water partition coefficient (Wildman–Crippen LogP) is 1.92. The first kappa shape index (κ1) is 22.0. The van der Waals surface area contributed by atoms with Crippen LogP contribution >= 0.6 is 11.3 Å². The molecule has 0 N–H and O–H groups in total. The molecule has 0 aromatic carbocycles. The van der Waals surface area contributed by atoms with Crippen molar-refractivity contribution in [3.05, 3.63) is 17.8 Å². The molecule has 8 nitrogen and oxygen atoms in total. The molecule has 4 rings (SSSR count). The minimum Gasteiger partial charge on any atom is -0.353 e. The molecule has 0 bridgehead atoms. The Morgan fingerprint density at radius 1 is 1.13 bits per heavy atom. The number of rotatable bonds is 5. The van der Waals surface area contributed by atoms with E-state index in [4.69, 9.17) is 0 Å². The highest BCUT2D eigenvalue weighted by Gasteiger charge is 2.31. The fourth-order valence-corrected chi connectivity index (χ4v) is 5.08. The molecule has 2 saturated heterocycles. The molecule has 2 fully saturated rings. The number of carbonyl (C=O) groups is 2. The third-order valence-electron chi connectivity index (χ3n) is 6.59. The molecule has 0 saturated carbocycles. The average molecular weight is 445 g/mol. The van der Waals surface area contributed by atoms with E-state index < -0.39 is 0 Å². The zero-order chi connectivity index (χ0) is 22.0. The van der Waals surface area contributed by atoms with Crippen LogP contribution in [0, 0.1) is 5.92 Å². The second kappa shape index (κ2) is 9.48. The number of hydrogen-bond donors (Lipinski definition) is 0. The normalized spacial score (nSPS) is 18.7. The number of piperazine rings is 1. The predicted molar refractivity (Wildman–Crippen MR) is 123 cm³/mol. The summed E-state index contributed by atoms with van der Waals surface area (Å²) in [4.78, 5) is 43.5. The molecule has 0 aliphatic carbocycles. The maximum atomic E-state index is 12.8. The second-order valence-corrected chi connectivity index (χ2v) is 9.69. The van der Waals surface area contributed by atoms with Gasteiger partial charge in [0.1, 0.15) is 17.0 Å². The van der Waals surface area contributed by atoms with Crippen molar-refractivity contribution in [2.24, 2.45) is 5.92 Å². The van der Waals surface area contributed by atoms with Gasteiger partial charge in [-0.3, -0.25) is 14.5 Å². The third kappa shape index (κ3) is 4.82. The number of anilines is 1. The number of nitrogens with zero attached hydrogens (tertiary/aromatic N) is 6. The monoisotopic (exact) mass is 444 g/mol. The van der Waals surface area contributed by atoms with Crippen molar-refractivity contribution >= 4 is 39.2 Å². The molecule has 0 radical (unpaired) electrons. The van der Waals surface area contributed by atoms with Crippen molar-refractivity contribution in [3.8, 4) is 0 Å². The summed E-state index contributed by atoms with van der Waals surface area (Å²) in [6, 6.07) is 2.29. The first-order valence-electron chi connectivity index (χ1n) is 11.1. The van der Waals surface area contributed by atoms with Gasteiger partial charge in [0.15, 0.2) is 0 Å². The van der Waals surface area contributed by atoms with Crippen molar-refractivity contribution in [1.82, 2.24) is 24.7 Å². The van der Waals surface area contributed by atoms with Crippen LogP contribution in [0.1, 0.15) is 26.7 Å². The summed E-state index contributed by atoms with van der Waals surface area (Å²) < 4.78 is 0. The number of carbonyl (C=O) groups excluding carboxylic acids is 2. The van der Waals surface area contributed by atoms with Gasteiger partial charge in [0.2, 0.25) is 11.8 Å².